The van der Waals surface area contributed by atoms with E-state index in [1.165, 1.54) is 23.5 Å². The van der Waals surface area contributed by atoms with Crippen LogP contribution in [-0.4, -0.2) is 26.4 Å². The Bertz CT molecular complexity index is 1430. The summed E-state index contributed by atoms with van der Waals surface area (Å²) in [5, 5.41) is 3.77. The number of pyridine rings is 1. The van der Waals surface area contributed by atoms with E-state index in [1.807, 2.05) is 0 Å². The Hall–Kier alpha value is -3.91. The number of nitrogens with one attached hydrogen (secondary N) is 2. The fourth-order valence-corrected chi connectivity index (χ4v) is 4.44. The van der Waals surface area contributed by atoms with Crippen LogP contribution < -0.4 is 15.2 Å². The lowest BCUT2D eigenvalue weighted by Gasteiger charge is -2.19. The summed E-state index contributed by atoms with van der Waals surface area (Å²) in [5.74, 6) is -0.547. The summed E-state index contributed by atoms with van der Waals surface area (Å²) < 4.78 is 27.2. The number of rotatable bonds is 5. The molecule has 0 spiro atoms. The summed E-state index contributed by atoms with van der Waals surface area (Å²) >= 11 is 0. The largest absolute Gasteiger partial charge is 0.321 e. The van der Waals surface area contributed by atoms with Crippen molar-refractivity contribution in [2.45, 2.75) is 4.90 Å². The van der Waals surface area contributed by atoms with E-state index in [-0.39, 0.29) is 16.1 Å². The van der Waals surface area contributed by atoms with Gasteiger partial charge in [-0.15, -0.1) is 0 Å². The van der Waals surface area contributed by atoms with Gasteiger partial charge < -0.3 is 10.3 Å². The van der Waals surface area contributed by atoms with Crippen LogP contribution in [0.15, 0.2) is 94.6 Å². The van der Waals surface area contributed by atoms with Crippen LogP contribution in [-0.2, 0) is 10.0 Å². The summed E-state index contributed by atoms with van der Waals surface area (Å²) in [7, 11) is -2.36. The molecule has 1 aromatic heterocycles. The van der Waals surface area contributed by atoms with Crippen LogP contribution in [0.4, 0.5) is 11.4 Å². The number of H-pyrrole nitrogens is 1. The minimum Gasteiger partial charge on any atom is -0.321 e. The molecule has 1 heterocycles. The second-order valence-electron chi connectivity index (χ2n) is 6.89. The van der Waals surface area contributed by atoms with Crippen molar-refractivity contribution in [3.8, 4) is 0 Å². The van der Waals surface area contributed by atoms with Gasteiger partial charge in [0, 0.05) is 18.1 Å². The molecule has 0 saturated carbocycles. The monoisotopic (exact) mass is 433 g/mol. The van der Waals surface area contributed by atoms with E-state index in [0.29, 0.717) is 22.1 Å². The number of benzene rings is 3. The highest BCUT2D eigenvalue weighted by Gasteiger charge is 2.22. The van der Waals surface area contributed by atoms with Crippen molar-refractivity contribution in [3.05, 3.63) is 101 Å². The number of aromatic amines is 1. The number of carbonyl (C=O) groups is 1. The molecule has 1 amide bonds. The Balaban J connectivity index is 1.62. The second-order valence-corrected chi connectivity index (χ2v) is 8.86. The van der Waals surface area contributed by atoms with Crippen molar-refractivity contribution >= 4 is 38.1 Å². The number of amides is 1. The quantitative estimate of drug-likeness (QED) is 0.502. The van der Waals surface area contributed by atoms with Crippen molar-refractivity contribution < 1.29 is 13.2 Å². The first kappa shape index (κ1) is 20.4. The average Bonchev–Trinajstić information content (AvgIpc) is 2.79. The van der Waals surface area contributed by atoms with Gasteiger partial charge in [0.15, 0.2) is 0 Å². The Morgan fingerprint density at radius 2 is 1.61 bits per heavy atom. The molecule has 7 nitrogen and oxygen atoms in total. The number of para-hydroxylation sites is 1. The van der Waals surface area contributed by atoms with Crippen molar-refractivity contribution in [2.75, 3.05) is 16.7 Å². The molecule has 0 bridgehead atoms. The Labute approximate surface area is 179 Å². The lowest BCUT2D eigenvalue weighted by molar-refractivity contribution is 0.102. The minimum absolute atomic E-state index is 0.0312. The van der Waals surface area contributed by atoms with Gasteiger partial charge in [-0.2, -0.15) is 0 Å². The van der Waals surface area contributed by atoms with Crippen molar-refractivity contribution in [1.82, 2.24) is 4.98 Å². The molecule has 156 valence electrons. The molecular formula is C23H19N3O4S. The van der Waals surface area contributed by atoms with Gasteiger partial charge in [-0.1, -0.05) is 42.5 Å². The van der Waals surface area contributed by atoms with Gasteiger partial charge in [-0.3, -0.25) is 13.9 Å². The number of hydrogen-bond acceptors (Lipinski definition) is 4. The number of carbonyl (C=O) groups excluding carboxylic acids is 1. The van der Waals surface area contributed by atoms with Crippen LogP contribution in [0, 0.1) is 0 Å². The fraction of sp³-hybridized carbons (Fsp3) is 0.0435. The van der Waals surface area contributed by atoms with Crippen LogP contribution in [0.3, 0.4) is 0 Å². The fourth-order valence-electron chi connectivity index (χ4n) is 3.20. The first-order valence-electron chi connectivity index (χ1n) is 9.44. The lowest BCUT2D eigenvalue weighted by Crippen LogP contribution is -2.26. The van der Waals surface area contributed by atoms with Crippen molar-refractivity contribution in [3.63, 3.8) is 0 Å². The third-order valence-electron chi connectivity index (χ3n) is 4.87. The summed E-state index contributed by atoms with van der Waals surface area (Å²) in [4.78, 5) is 27.5. The Morgan fingerprint density at radius 1 is 0.903 bits per heavy atom. The summed E-state index contributed by atoms with van der Waals surface area (Å²) in [6.45, 7) is 0. The Morgan fingerprint density at radius 3 is 2.39 bits per heavy atom. The van der Waals surface area contributed by atoms with Crippen LogP contribution in [0.2, 0.25) is 0 Å². The first-order valence-corrected chi connectivity index (χ1v) is 10.9. The number of nitrogens with zero attached hydrogens (tertiary/aromatic N) is 1. The molecule has 4 aromatic rings. The molecular weight excluding hydrogens is 414 g/mol. The highest BCUT2D eigenvalue weighted by atomic mass is 32.2. The van der Waals surface area contributed by atoms with Gasteiger partial charge in [0.05, 0.1) is 10.6 Å². The van der Waals surface area contributed by atoms with Crippen LogP contribution in [0.5, 0.6) is 0 Å². The normalized spacial score (nSPS) is 11.3. The minimum atomic E-state index is -3.83. The average molecular weight is 433 g/mol. The zero-order chi connectivity index (χ0) is 22.0. The van der Waals surface area contributed by atoms with E-state index >= 15 is 0 Å². The maximum Gasteiger partial charge on any atom is 0.272 e. The van der Waals surface area contributed by atoms with Crippen LogP contribution in [0.1, 0.15) is 10.5 Å². The van der Waals surface area contributed by atoms with E-state index in [1.54, 1.807) is 72.8 Å². The van der Waals surface area contributed by atoms with Crippen molar-refractivity contribution in [2.24, 2.45) is 0 Å². The highest BCUT2D eigenvalue weighted by Crippen LogP contribution is 2.24. The second kappa shape index (κ2) is 8.08. The number of fused-ring (bicyclic) bond motifs is 1. The van der Waals surface area contributed by atoms with Gasteiger partial charge in [-0.25, -0.2) is 8.42 Å². The molecule has 0 aliphatic carbocycles. The van der Waals surface area contributed by atoms with Gasteiger partial charge in [0.2, 0.25) is 0 Å². The molecule has 31 heavy (non-hydrogen) atoms. The van der Waals surface area contributed by atoms with E-state index in [0.717, 1.165) is 0 Å². The lowest BCUT2D eigenvalue weighted by atomic mass is 10.1. The number of hydrogen-bond donors (Lipinski definition) is 2. The molecule has 0 saturated heterocycles. The highest BCUT2D eigenvalue weighted by molar-refractivity contribution is 7.92. The van der Waals surface area contributed by atoms with E-state index in [2.05, 4.69) is 10.3 Å². The van der Waals surface area contributed by atoms with Crippen LogP contribution >= 0.6 is 0 Å². The van der Waals surface area contributed by atoms with Gasteiger partial charge in [-0.05, 0) is 47.9 Å². The molecule has 0 aliphatic heterocycles. The number of anilines is 2. The standard InChI is InChI=1S/C23H19N3O4S/c1-26(18-10-3-2-4-11-18)31(29,30)19-12-7-9-17(15-19)24-23(28)21-14-16-8-5-6-13-20(16)22(27)25-21/h2-15H,1H3,(H,24,28)(H,25,27). The summed E-state index contributed by atoms with van der Waals surface area (Å²) in [5.41, 5.74) is 0.523. The molecule has 0 radical (unpaired) electrons. The number of aromatic nitrogens is 1. The predicted molar refractivity (Wildman–Crippen MR) is 121 cm³/mol. The van der Waals surface area contributed by atoms with E-state index < -0.39 is 15.9 Å². The molecule has 0 atom stereocenters. The van der Waals surface area contributed by atoms with Gasteiger partial charge in [0.25, 0.3) is 21.5 Å². The van der Waals surface area contributed by atoms with E-state index in [4.69, 9.17) is 0 Å². The molecule has 0 unspecified atom stereocenters. The Kier molecular flexibility index (Phi) is 5.31. The van der Waals surface area contributed by atoms with Crippen LogP contribution in [0.25, 0.3) is 10.8 Å². The zero-order valence-electron chi connectivity index (χ0n) is 16.6. The number of sulfonamides is 1. The van der Waals surface area contributed by atoms with Crippen molar-refractivity contribution in [1.29, 1.82) is 0 Å². The third kappa shape index (κ3) is 4.06. The third-order valence-corrected chi connectivity index (χ3v) is 6.65. The first-order chi connectivity index (χ1) is 14.9. The van der Waals surface area contributed by atoms with E-state index in [9.17, 15) is 18.0 Å². The SMILES string of the molecule is CN(c1ccccc1)S(=O)(=O)c1cccc(NC(=O)c2cc3ccccc3c(=O)[nH]2)c1. The predicted octanol–water partition coefficient (Wildman–Crippen LogP) is 3.61. The smallest absolute Gasteiger partial charge is 0.272 e. The zero-order valence-corrected chi connectivity index (χ0v) is 17.4. The molecule has 2 N–H and O–H groups in total. The van der Waals surface area contributed by atoms with Gasteiger partial charge in [0.1, 0.15) is 5.69 Å². The molecule has 0 aliphatic rings. The molecule has 8 heteroatoms. The summed E-state index contributed by atoms with van der Waals surface area (Å²) in [6.07, 6.45) is 0. The maximum absolute atomic E-state index is 13.0. The van der Waals surface area contributed by atoms with Gasteiger partial charge >= 0.3 is 0 Å². The summed E-state index contributed by atoms with van der Waals surface area (Å²) in [6, 6.07) is 23.2. The molecule has 4 rings (SSSR count). The molecule has 0 fully saturated rings. The molecule has 3 aromatic carbocycles. The topological polar surface area (TPSA) is 99.3 Å². The maximum atomic E-state index is 13.0.